The molecule has 3 unspecified atom stereocenters. The summed E-state index contributed by atoms with van der Waals surface area (Å²) in [5, 5.41) is 3.17. The van der Waals surface area contributed by atoms with E-state index in [1.807, 2.05) is 0 Å². The van der Waals surface area contributed by atoms with Gasteiger partial charge in [0.2, 0.25) is 5.91 Å². The van der Waals surface area contributed by atoms with Crippen LogP contribution in [0.2, 0.25) is 0 Å². The third-order valence-electron chi connectivity index (χ3n) is 3.01. The number of halogens is 1. The topological polar surface area (TPSA) is 29.1 Å². The Morgan fingerprint density at radius 2 is 2.29 bits per heavy atom. The van der Waals surface area contributed by atoms with Gasteiger partial charge in [-0.2, -0.15) is 0 Å². The monoisotopic (exact) mass is 217 g/mol. The van der Waals surface area contributed by atoms with Crippen LogP contribution in [0.4, 0.5) is 0 Å². The maximum Gasteiger partial charge on any atom is 0.220 e. The van der Waals surface area contributed by atoms with Crippen molar-refractivity contribution in [2.24, 2.45) is 5.92 Å². The van der Waals surface area contributed by atoms with Crippen LogP contribution >= 0.6 is 11.6 Å². The molecule has 0 heterocycles. The molecule has 2 nitrogen and oxygen atoms in total. The molecule has 1 aliphatic rings. The summed E-state index contributed by atoms with van der Waals surface area (Å²) >= 11 is 6.08. The third kappa shape index (κ3) is 3.49. The number of alkyl halides is 1. The molecule has 14 heavy (non-hydrogen) atoms. The van der Waals surface area contributed by atoms with Gasteiger partial charge in [-0.05, 0) is 25.2 Å². The van der Waals surface area contributed by atoms with Gasteiger partial charge in [-0.15, -0.1) is 11.6 Å². The highest BCUT2D eigenvalue weighted by Crippen LogP contribution is 2.24. The number of carbonyl (C=O) groups is 1. The predicted molar refractivity (Wildman–Crippen MR) is 59.5 cm³/mol. The lowest BCUT2D eigenvalue weighted by Crippen LogP contribution is -2.38. The van der Waals surface area contributed by atoms with E-state index in [0.717, 1.165) is 25.7 Å². The summed E-state index contributed by atoms with van der Waals surface area (Å²) in [5.74, 6) is 0.641. The molecule has 0 radical (unpaired) electrons. The van der Waals surface area contributed by atoms with E-state index in [9.17, 15) is 4.79 Å². The first-order valence-electron chi connectivity index (χ1n) is 5.57. The van der Waals surface area contributed by atoms with Gasteiger partial charge in [-0.25, -0.2) is 0 Å². The quantitative estimate of drug-likeness (QED) is 0.721. The SMILES string of the molecule is CCC(C)CC(=O)NC1CCCC1Cl. The van der Waals surface area contributed by atoms with Gasteiger partial charge in [0, 0.05) is 12.5 Å². The molecule has 0 saturated heterocycles. The Kier molecular flexibility index (Phi) is 4.73. The summed E-state index contributed by atoms with van der Waals surface area (Å²) < 4.78 is 0. The van der Waals surface area contributed by atoms with E-state index in [4.69, 9.17) is 11.6 Å². The van der Waals surface area contributed by atoms with Crippen molar-refractivity contribution >= 4 is 17.5 Å². The third-order valence-corrected chi connectivity index (χ3v) is 3.53. The van der Waals surface area contributed by atoms with Crippen LogP contribution in [-0.4, -0.2) is 17.3 Å². The van der Waals surface area contributed by atoms with Gasteiger partial charge in [-0.3, -0.25) is 4.79 Å². The Morgan fingerprint density at radius 3 is 2.79 bits per heavy atom. The van der Waals surface area contributed by atoms with E-state index >= 15 is 0 Å². The molecule has 0 aromatic heterocycles. The van der Waals surface area contributed by atoms with Crippen LogP contribution in [0.15, 0.2) is 0 Å². The highest BCUT2D eigenvalue weighted by atomic mass is 35.5. The molecule has 1 aliphatic carbocycles. The lowest BCUT2D eigenvalue weighted by atomic mass is 10.0. The summed E-state index contributed by atoms with van der Waals surface area (Å²) in [6, 6.07) is 0.216. The van der Waals surface area contributed by atoms with Crippen LogP contribution in [0, 0.1) is 5.92 Å². The van der Waals surface area contributed by atoms with Crippen LogP contribution in [0.5, 0.6) is 0 Å². The second-order valence-corrected chi connectivity index (χ2v) is 4.90. The van der Waals surface area contributed by atoms with E-state index in [2.05, 4.69) is 19.2 Å². The average molecular weight is 218 g/mol. The predicted octanol–water partition coefficient (Wildman–Crippen LogP) is 2.70. The molecule has 3 atom stereocenters. The van der Waals surface area contributed by atoms with Crippen molar-refractivity contribution in [3.8, 4) is 0 Å². The summed E-state index contributed by atoms with van der Waals surface area (Å²) in [4.78, 5) is 11.5. The number of amides is 1. The molecule has 0 bridgehead atoms. The van der Waals surface area contributed by atoms with Crippen LogP contribution in [0.3, 0.4) is 0 Å². The van der Waals surface area contributed by atoms with E-state index < -0.39 is 0 Å². The van der Waals surface area contributed by atoms with Gasteiger partial charge in [0.15, 0.2) is 0 Å². The van der Waals surface area contributed by atoms with E-state index in [1.165, 1.54) is 0 Å². The molecule has 0 aromatic carbocycles. The zero-order chi connectivity index (χ0) is 10.6. The standard InChI is InChI=1S/C11H20ClNO/c1-3-8(2)7-11(14)13-10-6-4-5-9(10)12/h8-10H,3-7H2,1-2H3,(H,13,14). The molecule has 1 rings (SSSR count). The van der Waals surface area contributed by atoms with Gasteiger partial charge in [-0.1, -0.05) is 20.3 Å². The second-order valence-electron chi connectivity index (χ2n) is 4.34. The second kappa shape index (κ2) is 5.59. The molecule has 1 amide bonds. The number of hydrogen-bond donors (Lipinski definition) is 1. The minimum atomic E-state index is 0.149. The van der Waals surface area contributed by atoms with Gasteiger partial charge < -0.3 is 5.32 Å². The molecule has 1 N–H and O–H groups in total. The Hall–Kier alpha value is -0.240. The van der Waals surface area contributed by atoms with Crippen molar-refractivity contribution in [2.45, 2.75) is 57.4 Å². The fourth-order valence-electron chi connectivity index (χ4n) is 1.80. The van der Waals surface area contributed by atoms with Gasteiger partial charge in [0.1, 0.15) is 0 Å². The van der Waals surface area contributed by atoms with E-state index in [1.54, 1.807) is 0 Å². The van der Waals surface area contributed by atoms with E-state index in [0.29, 0.717) is 12.3 Å². The average Bonchev–Trinajstić information content (AvgIpc) is 2.51. The highest BCUT2D eigenvalue weighted by Gasteiger charge is 2.26. The number of rotatable bonds is 4. The summed E-state index contributed by atoms with van der Waals surface area (Å²) in [6.45, 7) is 4.21. The normalized spacial score (nSPS) is 28.8. The highest BCUT2D eigenvalue weighted by molar-refractivity contribution is 6.21. The molecule has 3 heteroatoms. The van der Waals surface area contributed by atoms with Crippen LogP contribution in [0.25, 0.3) is 0 Å². The van der Waals surface area contributed by atoms with Crippen molar-refractivity contribution in [1.82, 2.24) is 5.32 Å². The Labute approximate surface area is 91.4 Å². The fraction of sp³-hybridized carbons (Fsp3) is 0.909. The van der Waals surface area contributed by atoms with Gasteiger partial charge in [0.05, 0.1) is 5.38 Å². The first kappa shape index (κ1) is 11.8. The first-order chi connectivity index (χ1) is 6.63. The van der Waals surface area contributed by atoms with Crippen molar-refractivity contribution in [1.29, 1.82) is 0 Å². The Balaban J connectivity index is 2.26. The fourth-order valence-corrected chi connectivity index (χ4v) is 2.15. The molecule has 0 spiro atoms. The molecule has 82 valence electrons. The minimum Gasteiger partial charge on any atom is -0.352 e. The molecular weight excluding hydrogens is 198 g/mol. The summed E-state index contributed by atoms with van der Waals surface area (Å²) in [7, 11) is 0. The summed E-state index contributed by atoms with van der Waals surface area (Å²) in [6.07, 6.45) is 4.91. The van der Waals surface area contributed by atoms with Crippen molar-refractivity contribution in [3.05, 3.63) is 0 Å². The Morgan fingerprint density at radius 1 is 1.57 bits per heavy atom. The molecular formula is C11H20ClNO. The summed E-state index contributed by atoms with van der Waals surface area (Å²) in [5.41, 5.74) is 0. The van der Waals surface area contributed by atoms with Crippen LogP contribution < -0.4 is 5.32 Å². The maximum absolute atomic E-state index is 11.5. The van der Waals surface area contributed by atoms with E-state index in [-0.39, 0.29) is 17.3 Å². The van der Waals surface area contributed by atoms with Crippen molar-refractivity contribution in [2.75, 3.05) is 0 Å². The Bertz CT molecular complexity index is 196. The smallest absolute Gasteiger partial charge is 0.220 e. The van der Waals surface area contributed by atoms with Gasteiger partial charge >= 0.3 is 0 Å². The molecule has 1 fully saturated rings. The van der Waals surface area contributed by atoms with Crippen molar-refractivity contribution < 1.29 is 4.79 Å². The number of hydrogen-bond acceptors (Lipinski definition) is 1. The van der Waals surface area contributed by atoms with Gasteiger partial charge in [0.25, 0.3) is 0 Å². The lowest BCUT2D eigenvalue weighted by molar-refractivity contribution is -0.122. The zero-order valence-electron chi connectivity index (χ0n) is 9.05. The number of carbonyl (C=O) groups excluding carboxylic acids is 1. The molecule has 0 aromatic rings. The minimum absolute atomic E-state index is 0.149. The number of nitrogens with one attached hydrogen (secondary N) is 1. The zero-order valence-corrected chi connectivity index (χ0v) is 9.81. The maximum atomic E-state index is 11.5. The first-order valence-corrected chi connectivity index (χ1v) is 6.00. The van der Waals surface area contributed by atoms with Crippen LogP contribution in [-0.2, 0) is 4.79 Å². The molecule has 1 saturated carbocycles. The largest absolute Gasteiger partial charge is 0.352 e. The van der Waals surface area contributed by atoms with Crippen molar-refractivity contribution in [3.63, 3.8) is 0 Å². The lowest BCUT2D eigenvalue weighted by Gasteiger charge is -2.17. The molecule has 0 aliphatic heterocycles. The van der Waals surface area contributed by atoms with Crippen LogP contribution in [0.1, 0.15) is 46.0 Å².